The van der Waals surface area contributed by atoms with Crippen LogP contribution in [-0.2, 0) is 17.8 Å². The van der Waals surface area contributed by atoms with Crippen LogP contribution in [0.2, 0.25) is 0 Å². The fourth-order valence-corrected chi connectivity index (χ4v) is 2.86. The van der Waals surface area contributed by atoms with Crippen molar-refractivity contribution in [2.75, 3.05) is 13.1 Å². The van der Waals surface area contributed by atoms with Gasteiger partial charge in [-0.05, 0) is 23.5 Å². The van der Waals surface area contributed by atoms with Crippen LogP contribution in [0.1, 0.15) is 25.0 Å². The van der Waals surface area contributed by atoms with Gasteiger partial charge in [-0.1, -0.05) is 38.1 Å². The van der Waals surface area contributed by atoms with Gasteiger partial charge in [0.15, 0.2) is 0 Å². The number of likely N-dealkylation sites (tertiary alicyclic amines) is 1. The van der Waals surface area contributed by atoms with Gasteiger partial charge >= 0.3 is 0 Å². The highest BCUT2D eigenvalue weighted by atomic mass is 16.1. The number of hydrogen-bond acceptors (Lipinski definition) is 2. The summed E-state index contributed by atoms with van der Waals surface area (Å²) in [5.74, 6) is 0.226. The number of nitrogens with two attached hydrogens (primary N) is 1. The first kappa shape index (κ1) is 13.1. The Kier molecular flexibility index (Phi) is 4.02. The molecule has 2 N–H and O–H groups in total. The summed E-state index contributed by atoms with van der Waals surface area (Å²) in [6, 6.07) is 8.53. The number of rotatable bonds is 4. The van der Waals surface area contributed by atoms with Gasteiger partial charge in [-0.2, -0.15) is 0 Å². The molecular weight excluding hydrogens is 224 g/mol. The molecule has 2 atom stereocenters. The molecule has 1 amide bonds. The van der Waals surface area contributed by atoms with Crippen molar-refractivity contribution >= 4 is 5.91 Å². The van der Waals surface area contributed by atoms with E-state index in [2.05, 4.69) is 43.0 Å². The minimum absolute atomic E-state index is 0.0128. The highest BCUT2D eigenvalue weighted by Gasteiger charge is 2.33. The van der Waals surface area contributed by atoms with Crippen LogP contribution in [0.3, 0.4) is 0 Å². The first-order valence-electron chi connectivity index (χ1n) is 6.70. The molecule has 1 aromatic rings. The Morgan fingerprint density at radius 3 is 2.56 bits per heavy atom. The second-order valence-corrected chi connectivity index (χ2v) is 5.30. The molecule has 0 aliphatic carbocycles. The lowest BCUT2D eigenvalue weighted by Crippen LogP contribution is -2.29. The lowest BCUT2D eigenvalue weighted by Gasteiger charge is -2.17. The van der Waals surface area contributed by atoms with Crippen molar-refractivity contribution in [2.24, 2.45) is 17.6 Å². The quantitative estimate of drug-likeness (QED) is 0.880. The maximum Gasteiger partial charge on any atom is 0.222 e. The van der Waals surface area contributed by atoms with Gasteiger partial charge in [-0.3, -0.25) is 9.69 Å². The van der Waals surface area contributed by atoms with E-state index in [9.17, 15) is 4.79 Å². The lowest BCUT2D eigenvalue weighted by molar-refractivity contribution is -0.122. The summed E-state index contributed by atoms with van der Waals surface area (Å²) in [4.78, 5) is 13.7. The molecule has 0 saturated carbocycles. The molecule has 3 heteroatoms. The van der Waals surface area contributed by atoms with Crippen LogP contribution >= 0.6 is 0 Å². The van der Waals surface area contributed by atoms with Crippen LogP contribution < -0.4 is 5.73 Å². The molecule has 0 spiro atoms. The van der Waals surface area contributed by atoms with Crippen molar-refractivity contribution in [1.82, 2.24) is 4.90 Å². The smallest absolute Gasteiger partial charge is 0.222 e. The maximum absolute atomic E-state index is 11.3. The number of aryl methyl sites for hydroxylation is 1. The van der Waals surface area contributed by atoms with E-state index in [0.717, 1.165) is 26.1 Å². The van der Waals surface area contributed by atoms with Crippen molar-refractivity contribution < 1.29 is 4.79 Å². The van der Waals surface area contributed by atoms with Gasteiger partial charge in [-0.25, -0.2) is 0 Å². The first-order chi connectivity index (χ1) is 8.61. The Balaban J connectivity index is 2.05. The second kappa shape index (κ2) is 5.53. The standard InChI is InChI=1S/C15H22N2O/c1-3-12-6-4-5-7-13(12)9-17-8-11(2)14(10-17)15(16)18/h4-7,11,14H,3,8-10H2,1-2H3,(H2,16,18)/t11-,14-/m1/s1. The van der Waals surface area contributed by atoms with Crippen LogP contribution in [0.15, 0.2) is 24.3 Å². The number of carbonyl (C=O) groups excluding carboxylic acids is 1. The van der Waals surface area contributed by atoms with E-state index in [-0.39, 0.29) is 11.8 Å². The molecule has 1 fully saturated rings. The molecule has 1 aliphatic heterocycles. The fraction of sp³-hybridized carbons (Fsp3) is 0.533. The van der Waals surface area contributed by atoms with Crippen LogP contribution in [0.25, 0.3) is 0 Å². The monoisotopic (exact) mass is 246 g/mol. The zero-order valence-electron chi connectivity index (χ0n) is 11.2. The molecule has 3 nitrogen and oxygen atoms in total. The summed E-state index contributed by atoms with van der Waals surface area (Å²) in [6.45, 7) is 6.98. The van der Waals surface area contributed by atoms with Crippen LogP contribution in [-0.4, -0.2) is 23.9 Å². The number of hydrogen-bond donors (Lipinski definition) is 1. The predicted molar refractivity (Wildman–Crippen MR) is 72.9 cm³/mol. The van der Waals surface area contributed by atoms with E-state index in [4.69, 9.17) is 5.73 Å². The molecular formula is C15H22N2O. The third-order valence-electron chi connectivity index (χ3n) is 3.95. The summed E-state index contributed by atoms with van der Waals surface area (Å²) in [7, 11) is 0. The largest absolute Gasteiger partial charge is 0.369 e. The maximum atomic E-state index is 11.3. The van der Waals surface area contributed by atoms with Gasteiger partial charge in [0.1, 0.15) is 0 Å². The number of nitrogens with zero attached hydrogens (tertiary/aromatic N) is 1. The van der Waals surface area contributed by atoms with Gasteiger partial charge in [0.05, 0.1) is 5.92 Å². The number of carbonyl (C=O) groups is 1. The Morgan fingerprint density at radius 1 is 1.33 bits per heavy atom. The summed E-state index contributed by atoms with van der Waals surface area (Å²) < 4.78 is 0. The molecule has 18 heavy (non-hydrogen) atoms. The number of amides is 1. The molecule has 0 bridgehead atoms. The molecule has 0 aromatic heterocycles. The second-order valence-electron chi connectivity index (χ2n) is 5.30. The summed E-state index contributed by atoms with van der Waals surface area (Å²) in [5, 5.41) is 0. The summed E-state index contributed by atoms with van der Waals surface area (Å²) in [6.07, 6.45) is 1.05. The minimum atomic E-state index is -0.159. The molecule has 0 radical (unpaired) electrons. The first-order valence-corrected chi connectivity index (χ1v) is 6.70. The van der Waals surface area contributed by atoms with Gasteiger partial charge in [0.2, 0.25) is 5.91 Å². The van der Waals surface area contributed by atoms with E-state index < -0.39 is 0 Å². The van der Waals surface area contributed by atoms with E-state index in [1.165, 1.54) is 11.1 Å². The Bertz CT molecular complexity index is 430. The molecule has 0 unspecified atom stereocenters. The highest BCUT2D eigenvalue weighted by molar-refractivity contribution is 5.77. The van der Waals surface area contributed by atoms with Gasteiger partial charge in [-0.15, -0.1) is 0 Å². The molecule has 1 saturated heterocycles. The third kappa shape index (κ3) is 2.72. The molecule has 1 aliphatic rings. The molecule has 1 aromatic carbocycles. The molecule has 2 rings (SSSR count). The average molecular weight is 246 g/mol. The van der Waals surface area contributed by atoms with Crippen molar-refractivity contribution in [3.63, 3.8) is 0 Å². The predicted octanol–water partition coefficient (Wildman–Crippen LogP) is 1.80. The zero-order valence-corrected chi connectivity index (χ0v) is 11.2. The van der Waals surface area contributed by atoms with Gasteiger partial charge in [0.25, 0.3) is 0 Å². The van der Waals surface area contributed by atoms with Crippen LogP contribution in [0.4, 0.5) is 0 Å². The van der Waals surface area contributed by atoms with Crippen molar-refractivity contribution in [3.8, 4) is 0 Å². The Labute approximate surface area is 109 Å². The summed E-state index contributed by atoms with van der Waals surface area (Å²) >= 11 is 0. The van der Waals surface area contributed by atoms with E-state index in [1.807, 2.05) is 0 Å². The highest BCUT2D eigenvalue weighted by Crippen LogP contribution is 2.25. The van der Waals surface area contributed by atoms with E-state index >= 15 is 0 Å². The Hall–Kier alpha value is -1.35. The number of primary amides is 1. The van der Waals surface area contributed by atoms with Crippen LogP contribution in [0.5, 0.6) is 0 Å². The fourth-order valence-electron chi connectivity index (χ4n) is 2.86. The Morgan fingerprint density at radius 2 is 2.00 bits per heavy atom. The zero-order chi connectivity index (χ0) is 13.1. The average Bonchev–Trinajstić information content (AvgIpc) is 2.71. The third-order valence-corrected chi connectivity index (χ3v) is 3.95. The van der Waals surface area contributed by atoms with Gasteiger partial charge in [0, 0.05) is 19.6 Å². The minimum Gasteiger partial charge on any atom is -0.369 e. The van der Waals surface area contributed by atoms with E-state index in [0.29, 0.717) is 5.92 Å². The topological polar surface area (TPSA) is 46.3 Å². The van der Waals surface area contributed by atoms with Gasteiger partial charge < -0.3 is 5.73 Å². The molecule has 1 heterocycles. The normalized spacial score (nSPS) is 24.3. The number of benzene rings is 1. The van der Waals surface area contributed by atoms with E-state index in [1.54, 1.807) is 0 Å². The SMILES string of the molecule is CCc1ccccc1CN1C[C@@H](C)[C@H](C(N)=O)C1. The summed E-state index contributed by atoms with van der Waals surface area (Å²) in [5.41, 5.74) is 8.20. The van der Waals surface area contributed by atoms with Crippen LogP contribution in [0, 0.1) is 11.8 Å². The van der Waals surface area contributed by atoms with Crippen molar-refractivity contribution in [2.45, 2.75) is 26.8 Å². The van der Waals surface area contributed by atoms with Crippen molar-refractivity contribution in [3.05, 3.63) is 35.4 Å². The molecule has 98 valence electrons. The van der Waals surface area contributed by atoms with Crippen molar-refractivity contribution in [1.29, 1.82) is 0 Å². The lowest BCUT2D eigenvalue weighted by atomic mass is 9.98.